The van der Waals surface area contributed by atoms with Gasteiger partial charge in [0.1, 0.15) is 16.7 Å². The average Bonchev–Trinajstić information content (AvgIpc) is 2.69. The van der Waals surface area contributed by atoms with E-state index in [-0.39, 0.29) is 0 Å². The summed E-state index contributed by atoms with van der Waals surface area (Å²) >= 11 is 1.52. The Hall–Kier alpha value is -1.56. The second-order valence-corrected chi connectivity index (χ2v) is 4.97. The first-order valence-electron chi connectivity index (χ1n) is 5.95. The second kappa shape index (κ2) is 5.86. The van der Waals surface area contributed by atoms with E-state index in [2.05, 4.69) is 27.4 Å². The van der Waals surface area contributed by atoms with Crippen molar-refractivity contribution in [2.24, 2.45) is 7.05 Å². The van der Waals surface area contributed by atoms with Crippen molar-refractivity contribution in [2.75, 3.05) is 11.9 Å². The lowest BCUT2D eigenvalue weighted by molar-refractivity contribution is 0.764. The molecule has 0 amide bonds. The third-order valence-corrected chi connectivity index (χ3v) is 3.50. The summed E-state index contributed by atoms with van der Waals surface area (Å²) in [7, 11) is 1.96. The van der Waals surface area contributed by atoms with Crippen molar-refractivity contribution in [2.45, 2.75) is 30.5 Å². The van der Waals surface area contributed by atoms with Crippen molar-refractivity contribution in [3.63, 3.8) is 0 Å². The predicted octanol–water partition coefficient (Wildman–Crippen LogP) is 2.49. The van der Waals surface area contributed by atoms with Crippen LogP contribution >= 0.6 is 11.8 Å². The van der Waals surface area contributed by atoms with Gasteiger partial charge in [-0.2, -0.15) is 0 Å². The maximum atomic E-state index is 4.53. The SMILES string of the molecule is CCCNc1cccc(Sc2nnc(C)n2C)n1. The van der Waals surface area contributed by atoms with Gasteiger partial charge in [0.2, 0.25) is 0 Å². The first kappa shape index (κ1) is 12.9. The number of hydrogen-bond acceptors (Lipinski definition) is 5. The fourth-order valence-electron chi connectivity index (χ4n) is 1.39. The molecule has 0 radical (unpaired) electrons. The van der Waals surface area contributed by atoms with E-state index in [9.17, 15) is 0 Å². The van der Waals surface area contributed by atoms with Gasteiger partial charge in [0.25, 0.3) is 0 Å². The lowest BCUT2D eigenvalue weighted by Gasteiger charge is -2.05. The Bertz CT molecular complexity index is 523. The molecule has 6 heteroatoms. The molecule has 0 unspecified atom stereocenters. The van der Waals surface area contributed by atoms with E-state index in [0.717, 1.165) is 34.8 Å². The average molecular weight is 263 g/mol. The van der Waals surface area contributed by atoms with Crippen molar-refractivity contribution < 1.29 is 0 Å². The number of nitrogens with zero attached hydrogens (tertiary/aromatic N) is 4. The van der Waals surface area contributed by atoms with Crippen LogP contribution in [-0.4, -0.2) is 26.3 Å². The fraction of sp³-hybridized carbons (Fsp3) is 0.417. The molecule has 0 aliphatic rings. The van der Waals surface area contributed by atoms with Gasteiger partial charge in [-0.25, -0.2) is 4.98 Å². The molecule has 2 aromatic rings. The Morgan fingerprint density at radius 3 is 2.83 bits per heavy atom. The number of nitrogens with one attached hydrogen (secondary N) is 1. The van der Waals surface area contributed by atoms with Crippen LogP contribution in [0.1, 0.15) is 19.2 Å². The highest BCUT2D eigenvalue weighted by molar-refractivity contribution is 7.99. The first-order chi connectivity index (χ1) is 8.70. The molecule has 0 bridgehead atoms. The quantitative estimate of drug-likeness (QED) is 0.898. The predicted molar refractivity (Wildman–Crippen MR) is 72.9 cm³/mol. The van der Waals surface area contributed by atoms with Crippen molar-refractivity contribution in [3.05, 3.63) is 24.0 Å². The van der Waals surface area contributed by atoms with Crippen LogP contribution < -0.4 is 5.32 Å². The standard InChI is InChI=1S/C12H17N5S/c1-4-8-13-10-6-5-7-11(14-10)18-12-16-15-9(2)17(12)3/h5-7H,4,8H2,1-3H3,(H,13,14). The number of aryl methyl sites for hydroxylation is 1. The zero-order chi connectivity index (χ0) is 13.0. The molecule has 0 atom stereocenters. The van der Waals surface area contributed by atoms with Crippen LogP contribution in [0.3, 0.4) is 0 Å². The van der Waals surface area contributed by atoms with Gasteiger partial charge in [-0.1, -0.05) is 13.0 Å². The first-order valence-corrected chi connectivity index (χ1v) is 6.77. The molecule has 0 aromatic carbocycles. The van der Waals surface area contributed by atoms with Crippen molar-refractivity contribution in [1.29, 1.82) is 0 Å². The van der Waals surface area contributed by atoms with Crippen LogP contribution in [0.2, 0.25) is 0 Å². The second-order valence-electron chi connectivity index (χ2n) is 3.98. The van der Waals surface area contributed by atoms with Gasteiger partial charge in [-0.3, -0.25) is 0 Å². The van der Waals surface area contributed by atoms with Crippen LogP contribution in [0.15, 0.2) is 28.4 Å². The van der Waals surface area contributed by atoms with Crippen molar-refractivity contribution >= 4 is 17.6 Å². The highest BCUT2D eigenvalue weighted by atomic mass is 32.2. The Morgan fingerprint density at radius 2 is 2.17 bits per heavy atom. The summed E-state index contributed by atoms with van der Waals surface area (Å²) in [5, 5.41) is 13.2. The van der Waals surface area contributed by atoms with Crippen LogP contribution in [0.25, 0.3) is 0 Å². The molecule has 5 nitrogen and oxygen atoms in total. The van der Waals surface area contributed by atoms with Gasteiger partial charge in [0.15, 0.2) is 5.16 Å². The molecule has 2 heterocycles. The molecule has 2 rings (SSSR count). The minimum atomic E-state index is 0.854. The van der Waals surface area contributed by atoms with Crippen LogP contribution in [0, 0.1) is 6.92 Å². The highest BCUT2D eigenvalue weighted by Crippen LogP contribution is 2.25. The molecule has 0 saturated heterocycles. The van der Waals surface area contributed by atoms with Crippen molar-refractivity contribution in [3.8, 4) is 0 Å². The van der Waals surface area contributed by atoms with E-state index < -0.39 is 0 Å². The molecule has 18 heavy (non-hydrogen) atoms. The number of anilines is 1. The van der Waals surface area contributed by atoms with Gasteiger partial charge in [-0.05, 0) is 37.2 Å². The lowest BCUT2D eigenvalue weighted by atomic mass is 10.4. The summed E-state index contributed by atoms with van der Waals surface area (Å²) in [6.45, 7) is 5.00. The summed E-state index contributed by atoms with van der Waals surface area (Å²) < 4.78 is 1.96. The Morgan fingerprint density at radius 1 is 1.33 bits per heavy atom. The smallest absolute Gasteiger partial charge is 0.197 e. The molecule has 0 aliphatic carbocycles. The summed E-state index contributed by atoms with van der Waals surface area (Å²) in [5.41, 5.74) is 0. The molecule has 0 saturated carbocycles. The minimum absolute atomic E-state index is 0.854. The third kappa shape index (κ3) is 3.01. The van der Waals surface area contributed by atoms with Crippen LogP contribution in [0.5, 0.6) is 0 Å². The minimum Gasteiger partial charge on any atom is -0.370 e. The normalized spacial score (nSPS) is 10.6. The van der Waals surface area contributed by atoms with E-state index >= 15 is 0 Å². The van der Waals surface area contributed by atoms with Crippen molar-refractivity contribution in [1.82, 2.24) is 19.7 Å². The highest BCUT2D eigenvalue weighted by Gasteiger charge is 2.08. The van der Waals surface area contributed by atoms with Gasteiger partial charge in [0, 0.05) is 13.6 Å². The summed E-state index contributed by atoms with van der Waals surface area (Å²) in [5.74, 6) is 1.80. The van der Waals surface area contributed by atoms with Gasteiger partial charge in [-0.15, -0.1) is 10.2 Å². The van der Waals surface area contributed by atoms with Gasteiger partial charge in [0.05, 0.1) is 0 Å². The van der Waals surface area contributed by atoms with E-state index in [4.69, 9.17) is 0 Å². The molecular formula is C12H17N5S. The Balaban J connectivity index is 2.11. The monoisotopic (exact) mass is 263 g/mol. The van der Waals surface area contributed by atoms with E-state index in [1.54, 1.807) is 0 Å². The Kier molecular flexibility index (Phi) is 4.19. The molecular weight excluding hydrogens is 246 g/mol. The number of rotatable bonds is 5. The Labute approximate surface area is 111 Å². The molecule has 2 aromatic heterocycles. The zero-order valence-corrected chi connectivity index (χ0v) is 11.7. The maximum absolute atomic E-state index is 4.53. The van der Waals surface area contributed by atoms with E-state index in [1.165, 1.54) is 11.8 Å². The van der Waals surface area contributed by atoms with E-state index in [0.29, 0.717) is 0 Å². The summed E-state index contributed by atoms with van der Waals surface area (Å²) in [4.78, 5) is 4.53. The molecule has 0 fully saturated rings. The number of aromatic nitrogens is 4. The topological polar surface area (TPSA) is 55.6 Å². The third-order valence-electron chi connectivity index (χ3n) is 2.53. The zero-order valence-electron chi connectivity index (χ0n) is 10.8. The van der Waals surface area contributed by atoms with E-state index in [1.807, 2.05) is 36.7 Å². The number of hydrogen-bond donors (Lipinski definition) is 1. The van der Waals surface area contributed by atoms with Gasteiger partial charge < -0.3 is 9.88 Å². The maximum Gasteiger partial charge on any atom is 0.197 e. The number of pyridine rings is 1. The van der Waals surface area contributed by atoms with Gasteiger partial charge >= 0.3 is 0 Å². The molecule has 96 valence electrons. The summed E-state index contributed by atoms with van der Waals surface area (Å²) in [6.07, 6.45) is 1.08. The lowest BCUT2D eigenvalue weighted by Crippen LogP contribution is -2.02. The van der Waals surface area contributed by atoms with Crippen LogP contribution in [0.4, 0.5) is 5.82 Å². The fourth-order valence-corrected chi connectivity index (χ4v) is 2.22. The molecule has 1 N–H and O–H groups in total. The largest absolute Gasteiger partial charge is 0.370 e. The molecule has 0 aliphatic heterocycles. The van der Waals surface area contributed by atoms with Crippen LogP contribution in [-0.2, 0) is 7.05 Å². The summed E-state index contributed by atoms with van der Waals surface area (Å²) in [6, 6.07) is 5.95. The molecule has 0 spiro atoms.